The number of morpholine rings is 1. The van der Waals surface area contributed by atoms with E-state index >= 15 is 0 Å². The van der Waals surface area contributed by atoms with Gasteiger partial charge in [0.25, 0.3) is 5.91 Å². The van der Waals surface area contributed by atoms with Gasteiger partial charge in [-0.2, -0.15) is 5.10 Å². The molecule has 0 saturated carbocycles. The highest BCUT2D eigenvalue weighted by atomic mass is 16.5. The molecule has 2 aromatic carbocycles. The predicted molar refractivity (Wildman–Crippen MR) is 111 cm³/mol. The number of hydrogen-bond donors (Lipinski definition) is 0. The van der Waals surface area contributed by atoms with Crippen molar-refractivity contribution in [3.05, 3.63) is 83.7 Å². The van der Waals surface area contributed by atoms with E-state index in [9.17, 15) is 4.79 Å². The van der Waals surface area contributed by atoms with E-state index in [0.29, 0.717) is 6.42 Å². The molecule has 28 heavy (non-hydrogen) atoms. The van der Waals surface area contributed by atoms with Gasteiger partial charge in [0.2, 0.25) is 0 Å². The highest BCUT2D eigenvalue weighted by molar-refractivity contribution is 5.81. The van der Waals surface area contributed by atoms with Crippen molar-refractivity contribution in [3.8, 4) is 0 Å². The quantitative estimate of drug-likeness (QED) is 0.683. The topological polar surface area (TPSA) is 47.4 Å². The number of benzene rings is 2. The molecule has 5 nitrogen and oxygen atoms in total. The highest BCUT2D eigenvalue weighted by Crippen LogP contribution is 2.18. The van der Waals surface area contributed by atoms with E-state index in [1.165, 1.54) is 4.68 Å². The van der Waals surface area contributed by atoms with Crippen LogP contribution in [0.25, 0.3) is 12.2 Å². The third-order valence-corrected chi connectivity index (χ3v) is 4.75. The Balaban J connectivity index is 1.41. The molecular formula is C23H23N3O2. The first-order valence-corrected chi connectivity index (χ1v) is 9.51. The molecule has 1 aliphatic rings. The second kappa shape index (κ2) is 8.67. The molecule has 2 heterocycles. The Morgan fingerprint density at radius 3 is 2.64 bits per heavy atom. The lowest BCUT2D eigenvalue weighted by Gasteiger charge is -2.29. The van der Waals surface area contributed by atoms with Crippen LogP contribution in [0.3, 0.4) is 0 Å². The molecular weight excluding hydrogens is 350 g/mol. The Morgan fingerprint density at radius 2 is 1.82 bits per heavy atom. The lowest BCUT2D eigenvalue weighted by atomic mass is 10.1. The fourth-order valence-corrected chi connectivity index (χ4v) is 3.25. The molecule has 3 aromatic rings. The predicted octanol–water partition coefficient (Wildman–Crippen LogP) is 3.77. The van der Waals surface area contributed by atoms with Crippen molar-refractivity contribution < 1.29 is 9.53 Å². The fourth-order valence-electron chi connectivity index (χ4n) is 3.25. The summed E-state index contributed by atoms with van der Waals surface area (Å²) in [5.41, 5.74) is 3.99. The van der Waals surface area contributed by atoms with Crippen LogP contribution in [0, 0.1) is 0 Å². The van der Waals surface area contributed by atoms with Gasteiger partial charge in [-0.05, 0) is 35.4 Å². The van der Waals surface area contributed by atoms with E-state index in [-0.39, 0.29) is 5.91 Å². The van der Waals surface area contributed by atoms with Gasteiger partial charge >= 0.3 is 0 Å². The molecule has 1 fully saturated rings. The standard InChI is InChI=1S/C23H23N3O2/c27-23(18-20-7-4-8-22(17-20)25-13-15-28-16-14-25)26-12-11-21(24-26)10-9-19-5-2-1-3-6-19/h1-12,17H,13-16,18H2/b10-9+. The number of ether oxygens (including phenoxy) is 1. The molecule has 0 radical (unpaired) electrons. The molecule has 4 rings (SSSR count). The number of carbonyl (C=O) groups is 1. The molecule has 0 atom stereocenters. The van der Waals surface area contributed by atoms with Crippen LogP contribution in [-0.4, -0.2) is 42.0 Å². The van der Waals surface area contributed by atoms with Crippen LogP contribution in [0.1, 0.15) is 21.6 Å². The molecule has 1 aromatic heterocycles. The van der Waals surface area contributed by atoms with Crippen molar-refractivity contribution in [1.29, 1.82) is 0 Å². The molecule has 0 spiro atoms. The lowest BCUT2D eigenvalue weighted by Crippen LogP contribution is -2.36. The van der Waals surface area contributed by atoms with Gasteiger partial charge in [0, 0.05) is 25.0 Å². The number of anilines is 1. The van der Waals surface area contributed by atoms with Gasteiger partial charge in [-0.25, -0.2) is 4.68 Å². The van der Waals surface area contributed by atoms with Crippen LogP contribution in [0.4, 0.5) is 5.69 Å². The molecule has 0 N–H and O–H groups in total. The van der Waals surface area contributed by atoms with Crippen LogP contribution >= 0.6 is 0 Å². The number of aromatic nitrogens is 2. The first-order valence-electron chi connectivity index (χ1n) is 9.51. The Hall–Kier alpha value is -3.18. The molecule has 0 unspecified atom stereocenters. The summed E-state index contributed by atoms with van der Waals surface area (Å²) in [5.74, 6) is -0.0431. The third-order valence-electron chi connectivity index (χ3n) is 4.75. The minimum absolute atomic E-state index is 0.0431. The zero-order chi connectivity index (χ0) is 19.2. The van der Waals surface area contributed by atoms with E-state index < -0.39 is 0 Å². The smallest absolute Gasteiger partial charge is 0.251 e. The molecule has 142 valence electrons. The van der Waals surface area contributed by atoms with E-state index in [1.54, 1.807) is 6.20 Å². The van der Waals surface area contributed by atoms with Crippen molar-refractivity contribution in [3.63, 3.8) is 0 Å². The van der Waals surface area contributed by atoms with Crippen LogP contribution in [0.2, 0.25) is 0 Å². The summed E-state index contributed by atoms with van der Waals surface area (Å²) in [5, 5.41) is 4.39. The lowest BCUT2D eigenvalue weighted by molar-refractivity contribution is 0.0898. The Labute approximate surface area is 164 Å². The third kappa shape index (κ3) is 4.56. The minimum atomic E-state index is -0.0431. The largest absolute Gasteiger partial charge is 0.378 e. The van der Waals surface area contributed by atoms with Crippen LogP contribution < -0.4 is 4.90 Å². The number of hydrogen-bond acceptors (Lipinski definition) is 4. The zero-order valence-electron chi connectivity index (χ0n) is 15.7. The summed E-state index contributed by atoms with van der Waals surface area (Å²) in [6.45, 7) is 3.26. The maximum Gasteiger partial charge on any atom is 0.251 e. The summed E-state index contributed by atoms with van der Waals surface area (Å²) in [6.07, 6.45) is 5.95. The Bertz CT molecular complexity index is 957. The first kappa shape index (κ1) is 18.2. The van der Waals surface area contributed by atoms with Gasteiger partial charge in [0.05, 0.1) is 25.3 Å². The van der Waals surface area contributed by atoms with E-state index in [0.717, 1.165) is 48.8 Å². The zero-order valence-corrected chi connectivity index (χ0v) is 15.7. The average Bonchev–Trinajstić information content (AvgIpc) is 3.23. The van der Waals surface area contributed by atoms with E-state index in [2.05, 4.69) is 22.1 Å². The SMILES string of the molecule is O=C(Cc1cccc(N2CCOCC2)c1)n1ccc(/C=C/c2ccccc2)n1. The molecule has 0 bridgehead atoms. The number of rotatable bonds is 5. The maximum absolute atomic E-state index is 12.6. The Kier molecular flexibility index (Phi) is 5.64. The normalized spacial score (nSPS) is 14.5. The van der Waals surface area contributed by atoms with Gasteiger partial charge in [0.1, 0.15) is 0 Å². The van der Waals surface area contributed by atoms with Gasteiger partial charge in [-0.1, -0.05) is 48.5 Å². The summed E-state index contributed by atoms with van der Waals surface area (Å²) in [6, 6.07) is 20.0. The second-order valence-corrected chi connectivity index (χ2v) is 6.77. The number of carbonyl (C=O) groups excluding carboxylic acids is 1. The van der Waals surface area contributed by atoms with Crippen molar-refractivity contribution in [2.75, 3.05) is 31.2 Å². The van der Waals surface area contributed by atoms with Crippen molar-refractivity contribution in [2.45, 2.75) is 6.42 Å². The average molecular weight is 373 g/mol. The summed E-state index contributed by atoms with van der Waals surface area (Å²) in [7, 11) is 0. The monoisotopic (exact) mass is 373 g/mol. The van der Waals surface area contributed by atoms with Crippen molar-refractivity contribution in [2.24, 2.45) is 0 Å². The number of nitrogens with zero attached hydrogens (tertiary/aromatic N) is 3. The summed E-state index contributed by atoms with van der Waals surface area (Å²) >= 11 is 0. The fraction of sp³-hybridized carbons (Fsp3) is 0.217. The molecule has 0 aliphatic carbocycles. The minimum Gasteiger partial charge on any atom is -0.378 e. The molecule has 0 amide bonds. The van der Waals surface area contributed by atoms with Crippen LogP contribution in [0.15, 0.2) is 66.9 Å². The maximum atomic E-state index is 12.6. The van der Waals surface area contributed by atoms with Crippen molar-refractivity contribution in [1.82, 2.24) is 9.78 Å². The van der Waals surface area contributed by atoms with Gasteiger partial charge in [0.15, 0.2) is 0 Å². The molecule has 1 aliphatic heterocycles. The molecule has 1 saturated heterocycles. The van der Waals surface area contributed by atoms with Gasteiger partial charge in [-0.3, -0.25) is 4.79 Å². The first-order chi connectivity index (χ1) is 13.8. The van der Waals surface area contributed by atoms with E-state index in [4.69, 9.17) is 4.74 Å². The summed E-state index contributed by atoms with van der Waals surface area (Å²) in [4.78, 5) is 14.9. The van der Waals surface area contributed by atoms with Crippen LogP contribution in [-0.2, 0) is 11.2 Å². The second-order valence-electron chi connectivity index (χ2n) is 6.77. The van der Waals surface area contributed by atoms with Crippen molar-refractivity contribution >= 4 is 23.7 Å². The molecule has 5 heteroatoms. The Morgan fingerprint density at radius 1 is 1.00 bits per heavy atom. The van der Waals surface area contributed by atoms with Gasteiger partial charge < -0.3 is 9.64 Å². The van der Waals surface area contributed by atoms with Gasteiger partial charge in [-0.15, -0.1) is 0 Å². The van der Waals surface area contributed by atoms with Crippen LogP contribution in [0.5, 0.6) is 0 Å². The van der Waals surface area contributed by atoms with E-state index in [1.807, 2.05) is 60.7 Å². The highest BCUT2D eigenvalue weighted by Gasteiger charge is 2.13. The summed E-state index contributed by atoms with van der Waals surface area (Å²) < 4.78 is 6.83.